The fraction of sp³-hybridized carbons (Fsp3) is 0.833. The van der Waals surface area contributed by atoms with E-state index < -0.39 is 0 Å². The Morgan fingerprint density at radius 1 is 1.35 bits per heavy atom. The molecule has 2 heteroatoms. The summed E-state index contributed by atoms with van der Waals surface area (Å²) in [6.07, 6.45) is 5.56. The lowest BCUT2D eigenvalue weighted by Gasteiger charge is -2.59. The van der Waals surface area contributed by atoms with Gasteiger partial charge in [0.2, 0.25) is 0 Å². The zero-order valence-electron chi connectivity index (χ0n) is 13.5. The van der Waals surface area contributed by atoms with Gasteiger partial charge in [0.1, 0.15) is 5.78 Å². The minimum absolute atomic E-state index is 0.103. The van der Waals surface area contributed by atoms with Gasteiger partial charge in [-0.3, -0.25) is 0 Å². The van der Waals surface area contributed by atoms with Crippen molar-refractivity contribution in [2.75, 3.05) is 0 Å². The van der Waals surface area contributed by atoms with Gasteiger partial charge in [0.05, 0.1) is 6.10 Å². The summed E-state index contributed by atoms with van der Waals surface area (Å²) in [6, 6.07) is 0. The van der Waals surface area contributed by atoms with Gasteiger partial charge in [-0.25, -0.2) is 0 Å². The van der Waals surface area contributed by atoms with E-state index in [-0.39, 0.29) is 22.7 Å². The van der Waals surface area contributed by atoms with Gasteiger partial charge in [-0.2, -0.15) is 0 Å². The van der Waals surface area contributed by atoms with E-state index in [0.717, 1.165) is 18.4 Å². The van der Waals surface area contributed by atoms with Crippen molar-refractivity contribution in [3.05, 3.63) is 12.2 Å². The first-order chi connectivity index (χ1) is 9.18. The van der Waals surface area contributed by atoms with Crippen LogP contribution in [-0.4, -0.2) is 17.0 Å². The largest absolute Gasteiger partial charge is 0.392 e. The molecule has 4 atom stereocenters. The number of Topliss-reactive ketones (excluding diaryl/α,β-unsaturated/α-hetero) is 1. The normalized spacial score (nSPS) is 40.2. The number of hydrogen-bond acceptors (Lipinski definition) is 2. The summed E-state index contributed by atoms with van der Waals surface area (Å²) in [7, 11) is 0. The summed E-state index contributed by atoms with van der Waals surface area (Å²) in [6.45, 7) is 12.8. The summed E-state index contributed by atoms with van der Waals surface area (Å²) in [4.78, 5) is 11.4. The molecule has 0 aromatic heterocycles. The van der Waals surface area contributed by atoms with Crippen molar-refractivity contribution in [1.82, 2.24) is 0 Å². The summed E-state index contributed by atoms with van der Waals surface area (Å²) >= 11 is 0. The maximum Gasteiger partial charge on any atom is 0.129 e. The Balaban J connectivity index is 2.32. The molecule has 2 nitrogen and oxygen atoms in total. The standard InChI is InChI=1S/C18H30O2/c1-12-11-15(20)16-17(3,4)9-6-10-18(16,5)14(12)8-7-13(2)19/h14-16,20H,1,6-11H2,2-5H3/t14-,15?,16?,18+/m0/s1. The van der Waals surface area contributed by atoms with Crippen LogP contribution < -0.4 is 0 Å². The summed E-state index contributed by atoms with van der Waals surface area (Å²) < 4.78 is 0. The molecule has 0 saturated heterocycles. The Hall–Kier alpha value is -0.630. The fourth-order valence-electron chi connectivity index (χ4n) is 5.36. The van der Waals surface area contributed by atoms with Crippen LogP contribution >= 0.6 is 0 Å². The lowest BCUT2D eigenvalue weighted by Crippen LogP contribution is -2.55. The summed E-state index contributed by atoms with van der Waals surface area (Å²) in [5, 5.41) is 10.6. The van der Waals surface area contributed by atoms with Crippen LogP contribution in [-0.2, 0) is 4.79 Å². The molecular formula is C18H30O2. The third-order valence-electron chi connectivity index (χ3n) is 6.02. The second-order valence-electron chi connectivity index (χ2n) is 8.05. The summed E-state index contributed by atoms with van der Waals surface area (Å²) in [5.41, 5.74) is 1.45. The van der Waals surface area contributed by atoms with Crippen LogP contribution in [0, 0.1) is 22.7 Å². The van der Waals surface area contributed by atoms with Crippen LogP contribution in [0.25, 0.3) is 0 Å². The van der Waals surface area contributed by atoms with Gasteiger partial charge >= 0.3 is 0 Å². The average molecular weight is 278 g/mol. The molecule has 114 valence electrons. The fourth-order valence-corrected chi connectivity index (χ4v) is 5.36. The van der Waals surface area contributed by atoms with Crippen molar-refractivity contribution in [1.29, 1.82) is 0 Å². The van der Waals surface area contributed by atoms with E-state index in [1.54, 1.807) is 6.92 Å². The van der Waals surface area contributed by atoms with Crippen molar-refractivity contribution >= 4 is 5.78 Å². The van der Waals surface area contributed by atoms with E-state index in [4.69, 9.17) is 0 Å². The highest BCUT2D eigenvalue weighted by Gasteiger charge is 2.56. The van der Waals surface area contributed by atoms with E-state index in [9.17, 15) is 9.90 Å². The number of rotatable bonds is 3. The maximum absolute atomic E-state index is 11.4. The van der Waals surface area contributed by atoms with Crippen molar-refractivity contribution in [3.63, 3.8) is 0 Å². The molecule has 2 fully saturated rings. The highest BCUT2D eigenvalue weighted by molar-refractivity contribution is 5.75. The lowest BCUT2D eigenvalue weighted by atomic mass is 9.46. The van der Waals surface area contributed by atoms with Crippen LogP contribution in [0.3, 0.4) is 0 Å². The number of fused-ring (bicyclic) bond motifs is 1. The highest BCUT2D eigenvalue weighted by atomic mass is 16.3. The number of carbonyl (C=O) groups is 1. The van der Waals surface area contributed by atoms with E-state index in [0.29, 0.717) is 24.7 Å². The zero-order chi connectivity index (χ0) is 15.1. The molecule has 2 rings (SSSR count). The molecular weight excluding hydrogens is 248 g/mol. The number of aliphatic hydroxyl groups excluding tert-OH is 1. The van der Waals surface area contributed by atoms with Gasteiger partial charge in [0, 0.05) is 6.42 Å². The van der Waals surface area contributed by atoms with E-state index >= 15 is 0 Å². The first kappa shape index (κ1) is 15.8. The Bertz CT molecular complexity index is 410. The minimum Gasteiger partial charge on any atom is -0.392 e. The molecule has 0 aromatic carbocycles. The number of carbonyl (C=O) groups excluding carboxylic acids is 1. The molecule has 0 aromatic rings. The third kappa shape index (κ3) is 2.59. The molecule has 2 saturated carbocycles. The molecule has 0 amide bonds. The van der Waals surface area contributed by atoms with Crippen molar-refractivity contribution in [2.24, 2.45) is 22.7 Å². The smallest absolute Gasteiger partial charge is 0.129 e. The number of ketones is 1. The Labute approximate surface area is 123 Å². The van der Waals surface area contributed by atoms with Gasteiger partial charge in [-0.05, 0) is 55.3 Å². The molecule has 0 aliphatic heterocycles. The van der Waals surface area contributed by atoms with Gasteiger partial charge in [-0.1, -0.05) is 39.3 Å². The van der Waals surface area contributed by atoms with Crippen LogP contribution in [0.5, 0.6) is 0 Å². The highest BCUT2D eigenvalue weighted by Crippen LogP contribution is 2.61. The summed E-state index contributed by atoms with van der Waals surface area (Å²) in [5.74, 6) is 0.977. The van der Waals surface area contributed by atoms with Gasteiger partial charge < -0.3 is 9.90 Å². The number of aliphatic hydroxyl groups is 1. The van der Waals surface area contributed by atoms with E-state index in [1.165, 1.54) is 12.8 Å². The second kappa shape index (κ2) is 5.29. The van der Waals surface area contributed by atoms with Crippen LogP contribution in [0.15, 0.2) is 12.2 Å². The topological polar surface area (TPSA) is 37.3 Å². The van der Waals surface area contributed by atoms with Crippen LogP contribution in [0.1, 0.15) is 66.2 Å². The third-order valence-corrected chi connectivity index (χ3v) is 6.02. The molecule has 0 radical (unpaired) electrons. The van der Waals surface area contributed by atoms with E-state index in [2.05, 4.69) is 27.4 Å². The van der Waals surface area contributed by atoms with Crippen molar-refractivity contribution in [3.8, 4) is 0 Å². The van der Waals surface area contributed by atoms with E-state index in [1.807, 2.05) is 0 Å². The lowest BCUT2D eigenvalue weighted by molar-refractivity contribution is -0.125. The Morgan fingerprint density at radius 3 is 2.60 bits per heavy atom. The van der Waals surface area contributed by atoms with Gasteiger partial charge in [-0.15, -0.1) is 0 Å². The predicted molar refractivity (Wildman–Crippen MR) is 82.4 cm³/mol. The minimum atomic E-state index is -0.267. The zero-order valence-corrected chi connectivity index (χ0v) is 13.5. The van der Waals surface area contributed by atoms with Gasteiger partial charge in [0.15, 0.2) is 0 Å². The Kier molecular flexibility index (Phi) is 4.17. The Morgan fingerprint density at radius 2 is 2.00 bits per heavy atom. The molecule has 2 aliphatic rings. The number of hydrogen-bond donors (Lipinski definition) is 1. The maximum atomic E-state index is 11.4. The molecule has 2 unspecified atom stereocenters. The predicted octanol–water partition coefficient (Wildman–Crippen LogP) is 4.13. The molecule has 20 heavy (non-hydrogen) atoms. The SMILES string of the molecule is C=C1CC(O)C2C(C)(C)CCC[C@]2(C)[C@H]1CCC(C)=O. The first-order valence-electron chi connectivity index (χ1n) is 8.03. The molecule has 0 spiro atoms. The average Bonchev–Trinajstić information content (AvgIpc) is 2.25. The molecule has 0 heterocycles. The first-order valence-corrected chi connectivity index (χ1v) is 8.03. The van der Waals surface area contributed by atoms with Crippen LogP contribution in [0.4, 0.5) is 0 Å². The monoisotopic (exact) mass is 278 g/mol. The molecule has 2 aliphatic carbocycles. The molecule has 0 bridgehead atoms. The van der Waals surface area contributed by atoms with Crippen molar-refractivity contribution in [2.45, 2.75) is 72.3 Å². The van der Waals surface area contributed by atoms with Crippen molar-refractivity contribution < 1.29 is 9.90 Å². The quantitative estimate of drug-likeness (QED) is 0.788. The second-order valence-corrected chi connectivity index (χ2v) is 8.05. The van der Waals surface area contributed by atoms with Crippen LogP contribution in [0.2, 0.25) is 0 Å². The molecule has 1 N–H and O–H groups in total. The van der Waals surface area contributed by atoms with Gasteiger partial charge in [0.25, 0.3) is 0 Å².